The number of pyridine rings is 1. The first kappa shape index (κ1) is 21.4. The van der Waals surface area contributed by atoms with Crippen LogP contribution in [0.15, 0.2) is 60.9 Å². The number of nitrogens with one attached hydrogen (secondary N) is 1. The Morgan fingerprint density at radius 2 is 2.03 bits per heavy atom. The lowest BCUT2D eigenvalue weighted by atomic mass is 10.1. The number of aromatic nitrogens is 3. The van der Waals surface area contributed by atoms with Crippen LogP contribution in [0.25, 0.3) is 0 Å². The van der Waals surface area contributed by atoms with E-state index in [4.69, 9.17) is 0 Å². The van der Waals surface area contributed by atoms with Gasteiger partial charge >= 0.3 is 6.18 Å². The molecule has 10 heteroatoms. The Kier molecular flexibility index (Phi) is 6.76. The predicted molar refractivity (Wildman–Crippen MR) is 105 cm³/mol. The number of hydrogen-bond acceptors (Lipinski definition) is 6. The van der Waals surface area contributed by atoms with Crippen molar-refractivity contribution in [3.05, 3.63) is 72.7 Å². The second-order valence-electron chi connectivity index (χ2n) is 6.61. The third-order valence-corrected chi connectivity index (χ3v) is 4.49. The van der Waals surface area contributed by atoms with E-state index in [0.717, 1.165) is 6.20 Å². The average Bonchev–Trinajstić information content (AvgIpc) is 3.21. The number of hydrazone groups is 1. The summed E-state index contributed by atoms with van der Waals surface area (Å²) in [6.45, 7) is 3.78. The van der Waals surface area contributed by atoms with Crippen LogP contribution >= 0.6 is 0 Å². The van der Waals surface area contributed by atoms with Crippen LogP contribution in [0, 0.1) is 5.82 Å². The van der Waals surface area contributed by atoms with Crippen LogP contribution in [0.4, 0.5) is 23.5 Å². The van der Waals surface area contributed by atoms with Crippen LogP contribution < -0.4 is 10.3 Å². The molecule has 0 unspecified atom stereocenters. The molecule has 158 valence electrons. The minimum absolute atomic E-state index is 0.0300. The van der Waals surface area contributed by atoms with Crippen molar-refractivity contribution >= 4 is 11.7 Å². The Balaban J connectivity index is 1.76. The summed E-state index contributed by atoms with van der Waals surface area (Å²) in [4.78, 5) is 13.2. The van der Waals surface area contributed by atoms with Crippen molar-refractivity contribution < 1.29 is 17.6 Å². The number of hydrogen-bond donors (Lipinski definition) is 1. The van der Waals surface area contributed by atoms with Crippen LogP contribution in [-0.4, -0.2) is 39.4 Å². The molecule has 0 aromatic carbocycles. The van der Waals surface area contributed by atoms with Crippen molar-refractivity contribution in [3.8, 4) is 0 Å². The zero-order valence-electron chi connectivity index (χ0n) is 16.0. The summed E-state index contributed by atoms with van der Waals surface area (Å²) < 4.78 is 52.8. The largest absolute Gasteiger partial charge is 0.408 e. The van der Waals surface area contributed by atoms with Gasteiger partial charge in [-0.2, -0.15) is 18.3 Å². The Morgan fingerprint density at radius 1 is 1.27 bits per heavy atom. The standard InChI is InChI=1S/C20H20F4N6/c1-2-28-29-17(6-3-5-14-9-16(21)13-25-10-14)15-11-26-19(27-12-15)30-8-4-7-18(30)20(22,23)24/h2-3,6,9-13,18,28H,1,4-5,7-8H2/b6-3-,29-17+/t18-/m1/s1. The van der Waals surface area contributed by atoms with Crippen molar-refractivity contribution in [3.63, 3.8) is 0 Å². The highest BCUT2D eigenvalue weighted by Gasteiger charge is 2.46. The van der Waals surface area contributed by atoms with E-state index in [1.807, 2.05) is 0 Å². The van der Waals surface area contributed by atoms with Gasteiger partial charge in [0, 0.05) is 36.9 Å². The molecule has 3 rings (SSSR count). The molecular weight excluding hydrogens is 400 g/mol. The first-order valence-corrected chi connectivity index (χ1v) is 9.24. The Labute approximate surface area is 171 Å². The molecule has 1 aliphatic rings. The number of rotatable bonds is 7. The van der Waals surface area contributed by atoms with Gasteiger partial charge in [-0.25, -0.2) is 14.4 Å². The van der Waals surface area contributed by atoms with E-state index < -0.39 is 18.0 Å². The summed E-state index contributed by atoms with van der Waals surface area (Å²) in [6.07, 6.45) is 6.88. The Hall–Kier alpha value is -3.30. The van der Waals surface area contributed by atoms with Crippen LogP contribution in [0.1, 0.15) is 24.0 Å². The molecular formula is C20H20F4N6. The highest BCUT2D eigenvalue weighted by Crippen LogP contribution is 2.34. The highest BCUT2D eigenvalue weighted by atomic mass is 19.4. The lowest BCUT2D eigenvalue weighted by Gasteiger charge is -2.26. The van der Waals surface area contributed by atoms with Gasteiger partial charge in [0.15, 0.2) is 0 Å². The molecule has 0 bridgehead atoms. The lowest BCUT2D eigenvalue weighted by molar-refractivity contribution is -0.146. The van der Waals surface area contributed by atoms with E-state index >= 15 is 0 Å². The summed E-state index contributed by atoms with van der Waals surface area (Å²) in [5.74, 6) is -0.393. The number of allylic oxidation sites excluding steroid dienone is 2. The molecule has 0 amide bonds. The number of nitrogens with zero attached hydrogens (tertiary/aromatic N) is 5. The van der Waals surface area contributed by atoms with Crippen molar-refractivity contribution in [2.24, 2.45) is 5.10 Å². The topological polar surface area (TPSA) is 66.3 Å². The summed E-state index contributed by atoms with van der Waals surface area (Å²) >= 11 is 0. The van der Waals surface area contributed by atoms with Gasteiger partial charge in [0.2, 0.25) is 5.95 Å². The molecule has 1 N–H and O–H groups in total. The second kappa shape index (κ2) is 9.47. The minimum Gasteiger partial charge on any atom is -0.329 e. The molecule has 0 aliphatic carbocycles. The normalized spacial score (nSPS) is 17.5. The fraction of sp³-hybridized carbons (Fsp3) is 0.300. The van der Waals surface area contributed by atoms with Crippen LogP contribution in [0.5, 0.6) is 0 Å². The summed E-state index contributed by atoms with van der Waals surface area (Å²) in [6, 6.07) is -0.194. The molecule has 0 radical (unpaired) electrons. The smallest absolute Gasteiger partial charge is 0.329 e. The SMILES string of the molecule is C=CN/N=C(\C=C/Cc1cncc(F)c1)c1cnc(N2CCC[C@@H]2C(F)(F)F)nc1. The van der Waals surface area contributed by atoms with Gasteiger partial charge in [0.05, 0.1) is 11.9 Å². The quantitative estimate of drug-likeness (QED) is 0.420. The number of halogens is 4. The maximum absolute atomic E-state index is 13.2. The maximum Gasteiger partial charge on any atom is 0.408 e. The van der Waals surface area contributed by atoms with E-state index in [9.17, 15) is 17.6 Å². The molecule has 0 spiro atoms. The fourth-order valence-corrected chi connectivity index (χ4v) is 3.14. The van der Waals surface area contributed by atoms with E-state index in [0.29, 0.717) is 29.7 Å². The molecule has 1 aliphatic heterocycles. The number of anilines is 1. The van der Waals surface area contributed by atoms with Gasteiger partial charge in [-0.15, -0.1) is 0 Å². The maximum atomic E-state index is 13.2. The summed E-state index contributed by atoms with van der Waals surface area (Å²) in [5, 5.41) is 4.14. The van der Waals surface area contributed by atoms with Crippen LogP contribution in [0.3, 0.4) is 0 Å². The van der Waals surface area contributed by atoms with E-state index in [2.05, 4.69) is 32.1 Å². The van der Waals surface area contributed by atoms with E-state index in [1.54, 1.807) is 18.3 Å². The average molecular weight is 420 g/mol. The minimum atomic E-state index is -4.33. The van der Waals surface area contributed by atoms with Gasteiger partial charge in [-0.05, 0) is 37.0 Å². The molecule has 1 atom stereocenters. The Bertz CT molecular complexity index is 924. The summed E-state index contributed by atoms with van der Waals surface area (Å²) in [5.41, 5.74) is 4.24. The van der Waals surface area contributed by atoms with Gasteiger partial charge < -0.3 is 4.90 Å². The second-order valence-corrected chi connectivity index (χ2v) is 6.61. The molecule has 6 nitrogen and oxygen atoms in total. The first-order valence-electron chi connectivity index (χ1n) is 9.24. The van der Waals surface area contributed by atoms with Gasteiger partial charge in [-0.3, -0.25) is 10.4 Å². The Morgan fingerprint density at radius 3 is 2.70 bits per heavy atom. The molecule has 2 aromatic heterocycles. The predicted octanol–water partition coefficient (Wildman–Crippen LogP) is 3.78. The molecule has 3 heterocycles. The van der Waals surface area contributed by atoms with Crippen LogP contribution in [-0.2, 0) is 6.42 Å². The highest BCUT2D eigenvalue weighted by molar-refractivity contribution is 6.08. The van der Waals surface area contributed by atoms with Gasteiger partial charge in [0.25, 0.3) is 0 Å². The van der Waals surface area contributed by atoms with Crippen molar-refractivity contribution in [2.75, 3.05) is 11.4 Å². The van der Waals surface area contributed by atoms with Crippen molar-refractivity contribution in [1.29, 1.82) is 0 Å². The van der Waals surface area contributed by atoms with Gasteiger partial charge in [-0.1, -0.05) is 12.7 Å². The van der Waals surface area contributed by atoms with E-state index in [1.165, 1.54) is 29.6 Å². The molecule has 1 fully saturated rings. The summed E-state index contributed by atoms with van der Waals surface area (Å²) in [7, 11) is 0. The molecule has 30 heavy (non-hydrogen) atoms. The molecule has 2 aromatic rings. The zero-order valence-corrected chi connectivity index (χ0v) is 16.0. The van der Waals surface area contributed by atoms with Gasteiger partial charge in [0.1, 0.15) is 11.9 Å². The number of alkyl halides is 3. The monoisotopic (exact) mass is 420 g/mol. The molecule has 0 saturated carbocycles. The van der Waals surface area contributed by atoms with Crippen LogP contribution in [0.2, 0.25) is 0 Å². The lowest BCUT2D eigenvalue weighted by Crippen LogP contribution is -2.42. The first-order chi connectivity index (χ1) is 14.4. The van der Waals surface area contributed by atoms with Crippen molar-refractivity contribution in [1.82, 2.24) is 20.4 Å². The molecule has 1 saturated heterocycles. The third kappa shape index (κ3) is 5.40. The zero-order chi connectivity index (χ0) is 21.6. The third-order valence-electron chi connectivity index (χ3n) is 4.49. The van der Waals surface area contributed by atoms with Crippen molar-refractivity contribution in [2.45, 2.75) is 31.5 Å². The van der Waals surface area contributed by atoms with E-state index in [-0.39, 0.29) is 18.9 Å². The fourth-order valence-electron chi connectivity index (χ4n) is 3.14.